The Labute approximate surface area is 128 Å². The van der Waals surface area contributed by atoms with Gasteiger partial charge in [-0.05, 0) is 62.6 Å². The lowest BCUT2D eigenvalue weighted by atomic mass is 9.67. The molecule has 2 atom stereocenters. The fourth-order valence-corrected chi connectivity index (χ4v) is 5.03. The van der Waals surface area contributed by atoms with E-state index in [1.54, 1.807) is 6.20 Å². The minimum Gasteiger partial charge on any atom is -0.303 e. The summed E-state index contributed by atoms with van der Waals surface area (Å²) in [5.41, 5.74) is 2.91. The minimum atomic E-state index is -0.0428. The summed E-state index contributed by atoms with van der Waals surface area (Å²) in [6.45, 7) is 3.64. The van der Waals surface area contributed by atoms with E-state index in [0.29, 0.717) is 11.8 Å². The molecule has 0 saturated carbocycles. The third kappa shape index (κ3) is 1.72. The van der Waals surface area contributed by atoms with Crippen molar-refractivity contribution in [3.8, 4) is 0 Å². The summed E-state index contributed by atoms with van der Waals surface area (Å²) in [5, 5.41) is 8.57. The van der Waals surface area contributed by atoms with Crippen LogP contribution in [0.4, 0.5) is 0 Å². The Balaban J connectivity index is 1.70. The summed E-state index contributed by atoms with van der Waals surface area (Å²) in [7, 11) is 0. The molecule has 2 aromatic rings. The minimum absolute atomic E-state index is 0.0428. The first-order chi connectivity index (χ1) is 10.8. The van der Waals surface area contributed by atoms with Gasteiger partial charge in [-0.3, -0.25) is 9.89 Å². The average Bonchev–Trinajstić information content (AvgIpc) is 2.90. The molecule has 1 aliphatic carbocycles. The molecule has 1 N–H and O–H groups in total. The van der Waals surface area contributed by atoms with Gasteiger partial charge in [-0.15, -0.1) is 0 Å². The van der Waals surface area contributed by atoms with E-state index in [1.165, 1.54) is 25.9 Å². The Bertz CT molecular complexity index is 791. The first-order valence-electron chi connectivity index (χ1n) is 8.40. The SMILES string of the molecule is O=c1nccc2[nH]nc3c2c1C(C1CN2CCC1CC2)CC3. The van der Waals surface area contributed by atoms with Crippen LogP contribution in [0, 0.1) is 11.8 Å². The van der Waals surface area contributed by atoms with Gasteiger partial charge in [-0.25, -0.2) is 4.98 Å². The molecule has 4 aliphatic rings. The van der Waals surface area contributed by atoms with Crippen molar-refractivity contribution in [3.63, 3.8) is 0 Å². The molecule has 0 spiro atoms. The van der Waals surface area contributed by atoms with Crippen LogP contribution in [0.5, 0.6) is 0 Å². The Morgan fingerprint density at radius 1 is 1.23 bits per heavy atom. The van der Waals surface area contributed by atoms with E-state index in [0.717, 1.165) is 47.5 Å². The summed E-state index contributed by atoms with van der Waals surface area (Å²) >= 11 is 0. The highest BCUT2D eigenvalue weighted by molar-refractivity contribution is 5.85. The smallest absolute Gasteiger partial charge is 0.273 e. The zero-order chi connectivity index (χ0) is 14.7. The topological polar surface area (TPSA) is 61.9 Å². The standard InChI is InChI=1S/C17H20N4O/c22-17-15-11(12-9-21-7-4-10(12)5-8-21)1-2-13-16(15)14(20-19-13)3-6-18-17/h3,6,10-12,20H,1-2,4-5,7-9H2. The summed E-state index contributed by atoms with van der Waals surface area (Å²) < 4.78 is 0. The fraction of sp³-hybridized carbons (Fsp3) is 0.588. The predicted octanol–water partition coefficient (Wildman–Crippen LogP) is 1.69. The van der Waals surface area contributed by atoms with E-state index in [4.69, 9.17) is 0 Å². The molecule has 6 rings (SSSR count). The lowest BCUT2D eigenvalue weighted by Crippen LogP contribution is -2.50. The first kappa shape index (κ1) is 12.8. The zero-order valence-corrected chi connectivity index (χ0v) is 12.6. The van der Waals surface area contributed by atoms with Gasteiger partial charge in [0.25, 0.3) is 5.56 Å². The predicted molar refractivity (Wildman–Crippen MR) is 83.9 cm³/mol. The van der Waals surface area contributed by atoms with Crippen LogP contribution < -0.4 is 5.56 Å². The molecule has 0 amide bonds. The maximum atomic E-state index is 12.6. The zero-order valence-electron chi connectivity index (χ0n) is 12.6. The number of hydrogen-bond donors (Lipinski definition) is 1. The van der Waals surface area contributed by atoms with Crippen molar-refractivity contribution in [2.24, 2.45) is 11.8 Å². The fourth-order valence-electron chi connectivity index (χ4n) is 5.03. The van der Waals surface area contributed by atoms with Gasteiger partial charge in [0, 0.05) is 23.7 Å². The Kier molecular flexibility index (Phi) is 2.68. The van der Waals surface area contributed by atoms with Crippen LogP contribution in [-0.2, 0) is 6.42 Å². The highest BCUT2D eigenvalue weighted by atomic mass is 16.1. The number of aromatic nitrogens is 3. The quantitative estimate of drug-likeness (QED) is 0.870. The van der Waals surface area contributed by atoms with Gasteiger partial charge in [-0.2, -0.15) is 5.10 Å². The van der Waals surface area contributed by atoms with Crippen molar-refractivity contribution in [1.82, 2.24) is 20.1 Å². The molecule has 3 saturated heterocycles. The molecular weight excluding hydrogens is 276 g/mol. The van der Waals surface area contributed by atoms with Crippen LogP contribution in [0.25, 0.3) is 10.9 Å². The molecule has 3 aliphatic heterocycles. The third-order valence-corrected chi connectivity index (χ3v) is 6.09. The van der Waals surface area contributed by atoms with E-state index >= 15 is 0 Å². The van der Waals surface area contributed by atoms with Crippen molar-refractivity contribution < 1.29 is 0 Å². The molecule has 5 nitrogen and oxygen atoms in total. The van der Waals surface area contributed by atoms with Crippen molar-refractivity contribution >= 4 is 10.9 Å². The largest absolute Gasteiger partial charge is 0.303 e. The Hall–Kier alpha value is -1.75. The van der Waals surface area contributed by atoms with Gasteiger partial charge in [0.05, 0.1) is 11.2 Å². The van der Waals surface area contributed by atoms with Crippen molar-refractivity contribution in [2.75, 3.05) is 19.6 Å². The van der Waals surface area contributed by atoms with E-state index in [2.05, 4.69) is 20.1 Å². The van der Waals surface area contributed by atoms with Crippen LogP contribution in [0.2, 0.25) is 0 Å². The average molecular weight is 296 g/mol. The second-order valence-corrected chi connectivity index (χ2v) is 7.07. The van der Waals surface area contributed by atoms with Crippen molar-refractivity contribution in [2.45, 2.75) is 31.6 Å². The Morgan fingerprint density at radius 3 is 2.86 bits per heavy atom. The summed E-state index contributed by atoms with van der Waals surface area (Å²) in [6.07, 6.45) is 6.23. The van der Waals surface area contributed by atoms with Crippen LogP contribution in [0.1, 0.15) is 36.4 Å². The third-order valence-electron chi connectivity index (χ3n) is 6.09. The van der Waals surface area contributed by atoms with Crippen LogP contribution >= 0.6 is 0 Å². The lowest BCUT2D eigenvalue weighted by Gasteiger charge is -2.48. The number of nitrogens with one attached hydrogen (secondary N) is 1. The molecule has 2 unspecified atom stereocenters. The molecular formula is C17H20N4O. The second-order valence-electron chi connectivity index (χ2n) is 7.07. The molecule has 22 heavy (non-hydrogen) atoms. The van der Waals surface area contributed by atoms with Crippen LogP contribution in [-0.4, -0.2) is 39.7 Å². The molecule has 5 heteroatoms. The van der Waals surface area contributed by atoms with E-state index < -0.39 is 0 Å². The maximum absolute atomic E-state index is 12.6. The highest BCUT2D eigenvalue weighted by Gasteiger charge is 2.41. The van der Waals surface area contributed by atoms with Gasteiger partial charge < -0.3 is 4.90 Å². The normalized spacial score (nSPS) is 33.3. The molecule has 0 aromatic carbocycles. The molecule has 2 bridgehead atoms. The van der Waals surface area contributed by atoms with Crippen LogP contribution in [0.3, 0.4) is 0 Å². The van der Waals surface area contributed by atoms with Gasteiger partial charge in [0.2, 0.25) is 0 Å². The lowest BCUT2D eigenvalue weighted by molar-refractivity contribution is 0.0345. The second kappa shape index (κ2) is 4.62. The summed E-state index contributed by atoms with van der Waals surface area (Å²) in [4.78, 5) is 19.3. The van der Waals surface area contributed by atoms with Crippen molar-refractivity contribution in [3.05, 3.63) is 33.9 Å². The summed E-state index contributed by atoms with van der Waals surface area (Å²) in [6, 6.07) is 1.88. The maximum Gasteiger partial charge on any atom is 0.273 e. The number of nitrogens with zero attached hydrogens (tertiary/aromatic N) is 3. The van der Waals surface area contributed by atoms with E-state index in [-0.39, 0.29) is 5.56 Å². The van der Waals surface area contributed by atoms with Gasteiger partial charge in [0.15, 0.2) is 0 Å². The number of H-pyrrole nitrogens is 1. The van der Waals surface area contributed by atoms with Gasteiger partial charge in [0.1, 0.15) is 0 Å². The number of hydrogen-bond acceptors (Lipinski definition) is 4. The summed E-state index contributed by atoms with van der Waals surface area (Å²) in [5.74, 6) is 1.75. The van der Waals surface area contributed by atoms with E-state index in [9.17, 15) is 4.79 Å². The highest BCUT2D eigenvalue weighted by Crippen LogP contribution is 2.45. The number of aromatic amines is 1. The molecule has 114 valence electrons. The van der Waals surface area contributed by atoms with Crippen LogP contribution in [0.15, 0.2) is 17.1 Å². The number of rotatable bonds is 1. The monoisotopic (exact) mass is 296 g/mol. The van der Waals surface area contributed by atoms with Gasteiger partial charge >= 0.3 is 0 Å². The Morgan fingerprint density at radius 2 is 2.09 bits per heavy atom. The number of aryl methyl sites for hydroxylation is 1. The molecule has 3 fully saturated rings. The first-order valence-corrected chi connectivity index (χ1v) is 8.40. The number of fused-ring (bicyclic) bond motifs is 3. The molecule has 2 aromatic heterocycles. The molecule has 5 heterocycles. The van der Waals surface area contributed by atoms with E-state index in [1.807, 2.05) is 6.07 Å². The van der Waals surface area contributed by atoms with Crippen molar-refractivity contribution in [1.29, 1.82) is 0 Å². The number of piperidine rings is 3. The van der Waals surface area contributed by atoms with Gasteiger partial charge in [-0.1, -0.05) is 0 Å². The molecule has 0 radical (unpaired) electrons.